The molecule has 0 bridgehead atoms. The lowest BCUT2D eigenvalue weighted by Gasteiger charge is -2.49. The van der Waals surface area contributed by atoms with Crippen molar-refractivity contribution in [3.63, 3.8) is 0 Å². The third-order valence-corrected chi connectivity index (χ3v) is 13.4. The third kappa shape index (κ3) is 5.78. The van der Waals surface area contributed by atoms with E-state index in [1.54, 1.807) is 12.3 Å². The van der Waals surface area contributed by atoms with Crippen LogP contribution < -0.4 is 16.1 Å². The number of thioether (sulfide) groups is 2. The molecular weight excluding hydrogens is 713 g/mol. The summed E-state index contributed by atoms with van der Waals surface area (Å²) in [6.45, 7) is 1.83. The van der Waals surface area contributed by atoms with Crippen molar-refractivity contribution in [3.8, 4) is 5.75 Å². The van der Waals surface area contributed by atoms with Gasteiger partial charge in [-0.15, -0.1) is 22.0 Å². The smallest absolute Gasteiger partial charge is 0.352 e. The van der Waals surface area contributed by atoms with E-state index in [4.69, 9.17) is 0 Å². The summed E-state index contributed by atoms with van der Waals surface area (Å²) < 4.78 is 2.75. The predicted molar refractivity (Wildman–Crippen MR) is 192 cm³/mol. The number of carbonyl (C=O) groups is 4. The molecule has 3 aliphatic heterocycles. The van der Waals surface area contributed by atoms with Crippen LogP contribution in [0.3, 0.4) is 0 Å². The molecule has 4 aliphatic rings. The first-order valence-corrected chi connectivity index (χ1v) is 19.4. The molecule has 2 aromatic heterocycles. The van der Waals surface area contributed by atoms with Crippen LogP contribution in [-0.4, -0.2) is 76.5 Å². The molecule has 4 aromatic rings. The number of carbonyl (C=O) groups excluding carboxylic acids is 3. The topological polar surface area (TPSA) is 184 Å². The van der Waals surface area contributed by atoms with Crippen LogP contribution in [0.15, 0.2) is 69.1 Å². The van der Waals surface area contributed by atoms with Gasteiger partial charge in [-0.3, -0.25) is 24.1 Å². The summed E-state index contributed by atoms with van der Waals surface area (Å²) in [5.41, 5.74) is 2.22. The van der Waals surface area contributed by atoms with Gasteiger partial charge in [0.25, 0.3) is 11.8 Å². The minimum atomic E-state index is -1.34. The fraction of sp³-hybridized carbons (Fsp3) is 0.343. The number of nitrogens with one attached hydrogen (secondary N) is 2. The average molecular weight is 745 g/mol. The van der Waals surface area contributed by atoms with Crippen LogP contribution in [0.2, 0.25) is 0 Å². The highest BCUT2D eigenvalue weighted by Gasteiger charge is 2.54. The Hall–Kier alpha value is -4.67. The fourth-order valence-corrected chi connectivity index (χ4v) is 11.0. The number of nitrogens with zero attached hydrogens (tertiary/aromatic N) is 4. The molecule has 5 atom stereocenters. The quantitative estimate of drug-likeness (QED) is 0.143. The Labute approximate surface area is 303 Å². The van der Waals surface area contributed by atoms with Crippen molar-refractivity contribution in [2.75, 3.05) is 11.5 Å². The van der Waals surface area contributed by atoms with Crippen molar-refractivity contribution in [2.24, 2.45) is 0 Å². The first kappa shape index (κ1) is 33.5. The van der Waals surface area contributed by atoms with Crippen molar-refractivity contribution in [3.05, 3.63) is 91.9 Å². The van der Waals surface area contributed by atoms with Gasteiger partial charge in [-0.05, 0) is 54.7 Å². The molecular formula is C35H32N6O7S3. The Bertz CT molecular complexity index is 2220. The van der Waals surface area contributed by atoms with Crippen LogP contribution >= 0.6 is 34.9 Å². The van der Waals surface area contributed by atoms with Crippen LogP contribution in [-0.2, 0) is 14.4 Å². The van der Waals surface area contributed by atoms with E-state index in [1.807, 2.05) is 13.0 Å². The SMILES string of the molecule is Cc1nnc(SCC2=C(C(=O)O)N3C(=O)C(NC(=O)C(NC(=O)c4cn5c6c(cccc6c4=O)C4CCCCC45)c4ccc(O)cc4)C3SC2)s1. The van der Waals surface area contributed by atoms with Gasteiger partial charge in [-0.1, -0.05) is 60.2 Å². The van der Waals surface area contributed by atoms with Crippen LogP contribution in [0.5, 0.6) is 5.75 Å². The minimum absolute atomic E-state index is 0.0514. The van der Waals surface area contributed by atoms with E-state index in [-0.39, 0.29) is 29.0 Å². The van der Waals surface area contributed by atoms with Gasteiger partial charge in [-0.2, -0.15) is 0 Å². The molecule has 5 heterocycles. The molecule has 262 valence electrons. The first-order chi connectivity index (χ1) is 24.6. The second-order valence-corrected chi connectivity index (χ2v) is 16.5. The number of rotatable bonds is 9. The predicted octanol–water partition coefficient (Wildman–Crippen LogP) is 4.08. The second kappa shape index (κ2) is 13.1. The van der Waals surface area contributed by atoms with E-state index in [0.717, 1.165) is 41.8 Å². The number of para-hydroxylation sites is 1. The lowest BCUT2D eigenvalue weighted by molar-refractivity contribution is -0.151. The molecule has 2 fully saturated rings. The number of aliphatic carboxylic acids is 1. The Kier molecular flexibility index (Phi) is 8.63. The Morgan fingerprint density at radius 3 is 2.61 bits per heavy atom. The number of aromatic hydroxyl groups is 1. The van der Waals surface area contributed by atoms with Gasteiger partial charge in [0, 0.05) is 35.0 Å². The monoisotopic (exact) mass is 744 g/mol. The molecule has 13 nitrogen and oxygen atoms in total. The molecule has 1 saturated carbocycles. The molecule has 0 spiro atoms. The van der Waals surface area contributed by atoms with Gasteiger partial charge < -0.3 is 25.4 Å². The second-order valence-electron chi connectivity index (χ2n) is 13.0. The number of pyridine rings is 1. The molecule has 51 heavy (non-hydrogen) atoms. The van der Waals surface area contributed by atoms with Gasteiger partial charge in [0.05, 0.1) is 5.52 Å². The first-order valence-electron chi connectivity index (χ1n) is 16.5. The van der Waals surface area contributed by atoms with Crippen molar-refractivity contribution in [1.82, 2.24) is 30.3 Å². The molecule has 8 rings (SSSR count). The molecule has 1 aliphatic carbocycles. The van der Waals surface area contributed by atoms with Gasteiger partial charge in [0.2, 0.25) is 11.3 Å². The largest absolute Gasteiger partial charge is 0.508 e. The summed E-state index contributed by atoms with van der Waals surface area (Å²) in [6, 6.07) is 9.08. The number of phenolic OH excluding ortho intramolecular Hbond substituents is 1. The lowest BCUT2D eigenvalue weighted by atomic mass is 9.82. The molecule has 0 radical (unpaired) electrons. The highest BCUT2D eigenvalue weighted by molar-refractivity contribution is 8.01. The maximum absolute atomic E-state index is 14.0. The number of benzene rings is 2. The highest BCUT2D eigenvalue weighted by atomic mass is 32.2. The Morgan fingerprint density at radius 1 is 1.08 bits per heavy atom. The maximum Gasteiger partial charge on any atom is 0.352 e. The molecule has 5 unspecified atom stereocenters. The highest BCUT2D eigenvalue weighted by Crippen LogP contribution is 2.49. The van der Waals surface area contributed by atoms with E-state index < -0.39 is 46.6 Å². The number of hydrogen-bond donors (Lipinski definition) is 4. The van der Waals surface area contributed by atoms with Crippen molar-refractivity contribution in [2.45, 2.75) is 66.4 Å². The third-order valence-electron chi connectivity index (χ3n) is 10.0. The Balaban J connectivity index is 1.05. The average Bonchev–Trinajstić information content (AvgIpc) is 3.70. The van der Waals surface area contributed by atoms with Gasteiger partial charge in [-0.25, -0.2) is 4.79 Å². The van der Waals surface area contributed by atoms with E-state index >= 15 is 0 Å². The number of aryl methyl sites for hydroxylation is 1. The normalized spacial score (nSPS) is 22.6. The van der Waals surface area contributed by atoms with Crippen molar-refractivity contribution in [1.29, 1.82) is 0 Å². The minimum Gasteiger partial charge on any atom is -0.508 e. The number of aromatic nitrogens is 3. The number of phenols is 1. The van der Waals surface area contributed by atoms with E-state index in [0.29, 0.717) is 32.4 Å². The van der Waals surface area contributed by atoms with Crippen molar-refractivity contribution < 1.29 is 29.4 Å². The zero-order valence-corrected chi connectivity index (χ0v) is 29.6. The lowest BCUT2D eigenvalue weighted by Crippen LogP contribution is -2.71. The van der Waals surface area contributed by atoms with Crippen molar-refractivity contribution >= 4 is 69.5 Å². The number of hydrogen-bond acceptors (Lipinski definition) is 11. The fourth-order valence-electron chi connectivity index (χ4n) is 7.66. The number of fused-ring (bicyclic) bond motifs is 4. The zero-order chi connectivity index (χ0) is 35.6. The zero-order valence-electron chi connectivity index (χ0n) is 27.2. The number of β-lactam (4-membered cyclic amide) rings is 1. The summed E-state index contributed by atoms with van der Waals surface area (Å²) in [5, 5.41) is 34.1. The summed E-state index contributed by atoms with van der Waals surface area (Å²) in [5.74, 6) is -2.44. The summed E-state index contributed by atoms with van der Waals surface area (Å²) in [4.78, 5) is 68.8. The molecule has 2 aromatic carbocycles. The number of carboxylic acids is 1. The summed E-state index contributed by atoms with van der Waals surface area (Å²) in [6.07, 6.45) is 5.71. The standard InChI is InChI=1S/C35H32N6O7S3/c1-16-38-39-35(51-16)50-15-18-14-49-33-26(32(46)41(33)27(18)34(47)48)37-31(45)25(17-9-11-19(42)12-10-17)36-30(44)23-13-40-24-8-3-2-5-20(24)21-6-4-7-22(28(21)40)29(23)43/h4,6-7,9-13,20,24-26,33,42H,2-3,5,8,14-15H2,1H3,(H,36,44)(H,37,45)(H,47,48). The number of carboxylic acid groups (broad SMARTS) is 1. The maximum atomic E-state index is 14.0. The van der Waals surface area contributed by atoms with Gasteiger partial charge >= 0.3 is 5.97 Å². The van der Waals surface area contributed by atoms with Gasteiger partial charge in [0.15, 0.2) is 4.34 Å². The van der Waals surface area contributed by atoms with Gasteiger partial charge in [0.1, 0.15) is 39.5 Å². The van der Waals surface area contributed by atoms with Crippen LogP contribution in [0.25, 0.3) is 10.9 Å². The molecule has 4 N–H and O–H groups in total. The van der Waals surface area contributed by atoms with E-state index in [2.05, 4.69) is 31.5 Å². The number of amides is 3. The molecule has 3 amide bonds. The van der Waals surface area contributed by atoms with E-state index in [9.17, 15) is 34.2 Å². The molecule has 1 saturated heterocycles. The summed E-state index contributed by atoms with van der Waals surface area (Å²) in [7, 11) is 0. The summed E-state index contributed by atoms with van der Waals surface area (Å²) >= 11 is 4.08. The Morgan fingerprint density at radius 2 is 1.86 bits per heavy atom. The van der Waals surface area contributed by atoms with Crippen LogP contribution in [0, 0.1) is 6.92 Å². The van der Waals surface area contributed by atoms with Crippen LogP contribution in [0.1, 0.15) is 70.2 Å². The van der Waals surface area contributed by atoms with E-state index in [1.165, 1.54) is 64.0 Å². The molecule has 16 heteroatoms. The van der Waals surface area contributed by atoms with Crippen LogP contribution in [0.4, 0.5) is 0 Å².